The van der Waals surface area contributed by atoms with Gasteiger partial charge < -0.3 is 10.6 Å². The number of nitrogens with zero attached hydrogens (tertiary/aromatic N) is 4. The highest BCUT2D eigenvalue weighted by Crippen LogP contribution is 2.19. The second kappa shape index (κ2) is 10.5. The number of aliphatic imine (C=N–C) groups is 1. The van der Waals surface area contributed by atoms with Crippen LogP contribution in [0.4, 0.5) is 0 Å². The minimum atomic E-state index is 0. The molecule has 1 atom stereocenters. The van der Waals surface area contributed by atoms with Crippen molar-refractivity contribution >= 4 is 29.9 Å². The molecule has 3 rings (SSSR count). The maximum Gasteiger partial charge on any atom is 0.191 e. The quantitative estimate of drug-likeness (QED) is 0.389. The van der Waals surface area contributed by atoms with Crippen molar-refractivity contribution in [2.75, 3.05) is 20.1 Å². The Morgan fingerprint density at radius 1 is 1.23 bits per heavy atom. The fourth-order valence-corrected chi connectivity index (χ4v) is 3.34. The third-order valence-electron chi connectivity index (χ3n) is 4.67. The van der Waals surface area contributed by atoms with E-state index >= 15 is 0 Å². The van der Waals surface area contributed by atoms with Crippen LogP contribution in [0.1, 0.15) is 24.0 Å². The SMILES string of the molecule is CN=C(NCc1cnn(C)c1)NCC1CCCN1Cc1ccccc1.I. The van der Waals surface area contributed by atoms with Crippen LogP contribution in [0.5, 0.6) is 0 Å². The molecule has 1 saturated heterocycles. The minimum absolute atomic E-state index is 0. The van der Waals surface area contributed by atoms with Gasteiger partial charge in [-0.2, -0.15) is 5.10 Å². The molecule has 1 unspecified atom stereocenters. The van der Waals surface area contributed by atoms with Crippen LogP contribution < -0.4 is 10.6 Å². The number of hydrogen-bond acceptors (Lipinski definition) is 3. The fraction of sp³-hybridized carbons (Fsp3) is 0.474. The van der Waals surface area contributed by atoms with E-state index in [1.54, 1.807) is 0 Å². The molecular weight excluding hydrogens is 439 g/mol. The Hall–Kier alpha value is -1.61. The number of nitrogens with one attached hydrogen (secondary N) is 2. The second-order valence-corrected chi connectivity index (χ2v) is 6.58. The van der Waals surface area contributed by atoms with Gasteiger partial charge in [0.25, 0.3) is 0 Å². The first-order valence-electron chi connectivity index (χ1n) is 8.94. The van der Waals surface area contributed by atoms with Crippen LogP contribution >= 0.6 is 24.0 Å². The zero-order chi connectivity index (χ0) is 17.5. The molecule has 1 aliphatic heterocycles. The van der Waals surface area contributed by atoms with Crippen LogP contribution in [0.15, 0.2) is 47.7 Å². The Morgan fingerprint density at radius 3 is 2.73 bits per heavy atom. The zero-order valence-electron chi connectivity index (χ0n) is 15.6. The summed E-state index contributed by atoms with van der Waals surface area (Å²) in [7, 11) is 3.74. The number of aromatic nitrogens is 2. The van der Waals surface area contributed by atoms with Crippen LogP contribution in [0.25, 0.3) is 0 Å². The molecule has 7 heteroatoms. The third kappa shape index (κ3) is 5.98. The summed E-state index contributed by atoms with van der Waals surface area (Å²) in [5.41, 5.74) is 2.53. The normalized spacial score (nSPS) is 17.8. The summed E-state index contributed by atoms with van der Waals surface area (Å²) in [6.45, 7) is 3.84. The molecule has 0 bridgehead atoms. The predicted molar refractivity (Wildman–Crippen MR) is 117 cm³/mol. The van der Waals surface area contributed by atoms with E-state index in [9.17, 15) is 0 Å². The van der Waals surface area contributed by atoms with Crippen molar-refractivity contribution < 1.29 is 0 Å². The Labute approximate surface area is 173 Å². The average molecular weight is 468 g/mol. The summed E-state index contributed by atoms with van der Waals surface area (Å²) in [4.78, 5) is 6.89. The molecule has 0 saturated carbocycles. The number of hydrogen-bond donors (Lipinski definition) is 2. The van der Waals surface area contributed by atoms with E-state index in [0.717, 1.165) is 31.2 Å². The van der Waals surface area contributed by atoms with Crippen LogP contribution in [0, 0.1) is 0 Å². The molecule has 1 aromatic carbocycles. The van der Waals surface area contributed by atoms with Crippen molar-refractivity contribution in [3.05, 3.63) is 53.9 Å². The van der Waals surface area contributed by atoms with Crippen molar-refractivity contribution in [1.29, 1.82) is 0 Å². The Morgan fingerprint density at radius 2 is 2.04 bits per heavy atom. The molecule has 2 aromatic rings. The predicted octanol–water partition coefficient (Wildman–Crippen LogP) is 2.37. The molecule has 2 heterocycles. The summed E-state index contributed by atoms with van der Waals surface area (Å²) in [5, 5.41) is 11.0. The molecular formula is C19H29IN6. The molecule has 2 N–H and O–H groups in total. The van der Waals surface area contributed by atoms with E-state index in [4.69, 9.17) is 0 Å². The fourth-order valence-electron chi connectivity index (χ4n) is 3.34. The lowest BCUT2D eigenvalue weighted by Gasteiger charge is -2.25. The summed E-state index contributed by atoms with van der Waals surface area (Å²) < 4.78 is 1.81. The van der Waals surface area contributed by atoms with Crippen molar-refractivity contribution in [2.24, 2.45) is 12.0 Å². The first-order chi connectivity index (χ1) is 12.2. The molecule has 6 nitrogen and oxygen atoms in total. The number of rotatable bonds is 6. The molecule has 0 spiro atoms. The summed E-state index contributed by atoms with van der Waals surface area (Å²) in [6.07, 6.45) is 6.39. The number of guanidine groups is 1. The Kier molecular flexibility index (Phi) is 8.37. The first kappa shape index (κ1) is 20.7. The first-order valence-corrected chi connectivity index (χ1v) is 8.94. The molecule has 1 aliphatic rings. The van der Waals surface area contributed by atoms with Gasteiger partial charge in [-0.05, 0) is 24.9 Å². The van der Waals surface area contributed by atoms with Crippen molar-refractivity contribution in [3.63, 3.8) is 0 Å². The van der Waals surface area contributed by atoms with Gasteiger partial charge in [0.2, 0.25) is 0 Å². The zero-order valence-corrected chi connectivity index (χ0v) is 17.9. The standard InChI is InChI=1S/C19H28N6.HI/c1-20-19(21-11-17-12-23-24(2)14-17)22-13-18-9-6-10-25(18)15-16-7-4-3-5-8-16;/h3-5,7-8,12,14,18H,6,9-11,13,15H2,1-2H3,(H2,20,21,22);1H. The Bertz CT molecular complexity index is 684. The van der Waals surface area contributed by atoms with Crippen molar-refractivity contribution in [1.82, 2.24) is 25.3 Å². The van der Waals surface area contributed by atoms with Crippen LogP contribution in [-0.4, -0.2) is 46.8 Å². The number of likely N-dealkylation sites (tertiary alicyclic amines) is 1. The van der Waals surface area contributed by atoms with Crippen molar-refractivity contribution in [2.45, 2.75) is 32.0 Å². The van der Waals surface area contributed by atoms with Gasteiger partial charge in [0, 0.05) is 51.5 Å². The lowest BCUT2D eigenvalue weighted by Crippen LogP contribution is -2.44. The highest BCUT2D eigenvalue weighted by Gasteiger charge is 2.24. The topological polar surface area (TPSA) is 57.5 Å². The summed E-state index contributed by atoms with van der Waals surface area (Å²) in [6, 6.07) is 11.3. The Balaban J connectivity index is 0.00000243. The van der Waals surface area contributed by atoms with Gasteiger partial charge in [0.1, 0.15) is 0 Å². The molecule has 1 fully saturated rings. The highest BCUT2D eigenvalue weighted by atomic mass is 127. The van der Waals surface area contributed by atoms with Crippen LogP contribution in [0.2, 0.25) is 0 Å². The molecule has 0 aliphatic carbocycles. The van der Waals surface area contributed by atoms with E-state index in [0.29, 0.717) is 6.04 Å². The summed E-state index contributed by atoms with van der Waals surface area (Å²) in [5.74, 6) is 0.843. The number of halogens is 1. The highest BCUT2D eigenvalue weighted by molar-refractivity contribution is 14.0. The van der Waals surface area contributed by atoms with Gasteiger partial charge in [0.05, 0.1) is 6.20 Å². The van der Waals surface area contributed by atoms with Gasteiger partial charge in [-0.3, -0.25) is 14.6 Å². The molecule has 1 aromatic heterocycles. The third-order valence-corrected chi connectivity index (χ3v) is 4.67. The van der Waals surface area contributed by atoms with Gasteiger partial charge in [-0.15, -0.1) is 24.0 Å². The van der Waals surface area contributed by atoms with Gasteiger partial charge in [-0.25, -0.2) is 0 Å². The average Bonchev–Trinajstić information content (AvgIpc) is 3.25. The maximum atomic E-state index is 4.33. The molecule has 142 valence electrons. The van der Waals surface area contributed by atoms with Crippen molar-refractivity contribution in [3.8, 4) is 0 Å². The van der Waals surface area contributed by atoms with Gasteiger partial charge in [-0.1, -0.05) is 30.3 Å². The largest absolute Gasteiger partial charge is 0.355 e. The smallest absolute Gasteiger partial charge is 0.191 e. The van der Waals surface area contributed by atoms with E-state index in [1.807, 2.05) is 31.2 Å². The second-order valence-electron chi connectivity index (χ2n) is 6.58. The van der Waals surface area contributed by atoms with Gasteiger partial charge >= 0.3 is 0 Å². The minimum Gasteiger partial charge on any atom is -0.355 e. The lowest BCUT2D eigenvalue weighted by molar-refractivity contribution is 0.245. The van der Waals surface area contributed by atoms with E-state index in [1.165, 1.54) is 24.9 Å². The molecule has 0 radical (unpaired) electrons. The van der Waals surface area contributed by atoms with Crippen LogP contribution in [0.3, 0.4) is 0 Å². The maximum absolute atomic E-state index is 4.33. The lowest BCUT2D eigenvalue weighted by atomic mass is 10.2. The monoisotopic (exact) mass is 468 g/mol. The van der Waals surface area contributed by atoms with E-state index in [2.05, 4.69) is 56.0 Å². The van der Waals surface area contributed by atoms with E-state index < -0.39 is 0 Å². The number of benzene rings is 1. The van der Waals surface area contributed by atoms with Gasteiger partial charge in [0.15, 0.2) is 5.96 Å². The van der Waals surface area contributed by atoms with E-state index in [-0.39, 0.29) is 24.0 Å². The summed E-state index contributed by atoms with van der Waals surface area (Å²) >= 11 is 0. The van der Waals surface area contributed by atoms with Crippen LogP contribution in [-0.2, 0) is 20.1 Å². The number of aryl methyl sites for hydroxylation is 1. The molecule has 0 amide bonds. The molecule has 26 heavy (non-hydrogen) atoms.